The van der Waals surface area contributed by atoms with Gasteiger partial charge in [0.2, 0.25) is 0 Å². The van der Waals surface area contributed by atoms with E-state index in [1.165, 1.54) is 24.3 Å². The summed E-state index contributed by atoms with van der Waals surface area (Å²) < 4.78 is 24.3. The SMILES string of the molecule is N#Cc1ccc(S(=O)(=O)CCN2CCNCC2)cc1. The molecule has 0 aromatic heterocycles. The summed E-state index contributed by atoms with van der Waals surface area (Å²) >= 11 is 0. The van der Waals surface area contributed by atoms with E-state index in [-0.39, 0.29) is 5.75 Å². The maximum absolute atomic E-state index is 12.1. The van der Waals surface area contributed by atoms with E-state index in [0.717, 1.165) is 26.2 Å². The van der Waals surface area contributed by atoms with Crippen molar-refractivity contribution in [1.29, 1.82) is 5.26 Å². The third kappa shape index (κ3) is 3.77. The van der Waals surface area contributed by atoms with Gasteiger partial charge in [-0.3, -0.25) is 4.90 Å². The lowest BCUT2D eigenvalue weighted by molar-refractivity contribution is 0.254. The van der Waals surface area contributed by atoms with Gasteiger partial charge < -0.3 is 5.32 Å². The van der Waals surface area contributed by atoms with Gasteiger partial charge in [-0.05, 0) is 24.3 Å². The lowest BCUT2D eigenvalue weighted by Gasteiger charge is -2.26. The molecule has 1 aliphatic heterocycles. The molecule has 0 bridgehead atoms. The Bertz CT molecular complexity index is 555. The molecular weight excluding hydrogens is 262 g/mol. The van der Waals surface area contributed by atoms with Crippen LogP contribution in [0.15, 0.2) is 29.2 Å². The van der Waals surface area contributed by atoms with E-state index in [4.69, 9.17) is 5.26 Å². The average molecular weight is 279 g/mol. The van der Waals surface area contributed by atoms with E-state index in [1.807, 2.05) is 6.07 Å². The minimum Gasteiger partial charge on any atom is -0.314 e. The molecule has 1 aliphatic rings. The molecule has 102 valence electrons. The van der Waals surface area contributed by atoms with Gasteiger partial charge in [-0.1, -0.05) is 0 Å². The largest absolute Gasteiger partial charge is 0.314 e. The molecule has 6 heteroatoms. The van der Waals surface area contributed by atoms with Gasteiger partial charge in [0.15, 0.2) is 9.84 Å². The van der Waals surface area contributed by atoms with Crippen LogP contribution in [0, 0.1) is 11.3 Å². The first-order chi connectivity index (χ1) is 9.12. The number of sulfone groups is 1. The second-order valence-electron chi connectivity index (χ2n) is 4.55. The number of piperazine rings is 1. The molecule has 2 rings (SSSR count). The summed E-state index contributed by atoms with van der Waals surface area (Å²) in [6.45, 7) is 4.17. The van der Waals surface area contributed by atoms with Crippen LogP contribution in [0.2, 0.25) is 0 Å². The molecule has 0 radical (unpaired) electrons. The van der Waals surface area contributed by atoms with Gasteiger partial charge in [0.05, 0.1) is 22.3 Å². The zero-order valence-corrected chi connectivity index (χ0v) is 11.5. The van der Waals surface area contributed by atoms with Gasteiger partial charge in [-0.15, -0.1) is 0 Å². The Hall–Kier alpha value is -1.42. The van der Waals surface area contributed by atoms with Crippen molar-refractivity contribution in [2.75, 3.05) is 38.5 Å². The molecule has 0 spiro atoms. The molecule has 0 unspecified atom stereocenters. The molecule has 1 N–H and O–H groups in total. The number of nitrogens with one attached hydrogen (secondary N) is 1. The van der Waals surface area contributed by atoms with Crippen LogP contribution in [0.4, 0.5) is 0 Å². The first-order valence-corrected chi connectivity index (χ1v) is 7.93. The summed E-state index contributed by atoms with van der Waals surface area (Å²) in [4.78, 5) is 2.44. The van der Waals surface area contributed by atoms with Crippen molar-refractivity contribution in [3.8, 4) is 6.07 Å². The van der Waals surface area contributed by atoms with E-state index in [0.29, 0.717) is 17.0 Å². The topological polar surface area (TPSA) is 73.2 Å². The van der Waals surface area contributed by atoms with Crippen LogP contribution in [-0.4, -0.2) is 51.8 Å². The number of nitrogens with zero attached hydrogens (tertiary/aromatic N) is 2. The maximum Gasteiger partial charge on any atom is 0.179 e. The van der Waals surface area contributed by atoms with Crippen molar-refractivity contribution in [2.45, 2.75) is 4.90 Å². The minimum atomic E-state index is -3.26. The van der Waals surface area contributed by atoms with E-state index in [9.17, 15) is 8.42 Å². The van der Waals surface area contributed by atoms with Crippen LogP contribution >= 0.6 is 0 Å². The Morgan fingerprint density at radius 1 is 1.21 bits per heavy atom. The summed E-state index contributed by atoms with van der Waals surface area (Å²) in [7, 11) is -3.26. The lowest BCUT2D eigenvalue weighted by atomic mass is 10.2. The van der Waals surface area contributed by atoms with Crippen molar-refractivity contribution in [2.24, 2.45) is 0 Å². The van der Waals surface area contributed by atoms with Crippen molar-refractivity contribution < 1.29 is 8.42 Å². The standard InChI is InChI=1S/C13H17N3O2S/c14-11-12-1-3-13(4-2-12)19(17,18)10-9-16-7-5-15-6-8-16/h1-4,15H,5-10H2. The van der Waals surface area contributed by atoms with Gasteiger partial charge in [-0.25, -0.2) is 8.42 Å². The predicted molar refractivity (Wildman–Crippen MR) is 72.5 cm³/mol. The van der Waals surface area contributed by atoms with Crippen molar-refractivity contribution in [3.05, 3.63) is 29.8 Å². The van der Waals surface area contributed by atoms with E-state index >= 15 is 0 Å². The van der Waals surface area contributed by atoms with Crippen molar-refractivity contribution in [1.82, 2.24) is 10.2 Å². The molecule has 5 nitrogen and oxygen atoms in total. The summed E-state index contributed by atoms with van der Waals surface area (Å²) in [6, 6.07) is 8.07. The highest BCUT2D eigenvalue weighted by molar-refractivity contribution is 7.91. The van der Waals surface area contributed by atoms with Gasteiger partial charge >= 0.3 is 0 Å². The molecule has 0 atom stereocenters. The van der Waals surface area contributed by atoms with Crippen LogP contribution in [0.25, 0.3) is 0 Å². The number of nitriles is 1. The second-order valence-corrected chi connectivity index (χ2v) is 6.66. The summed E-state index contributed by atoms with van der Waals surface area (Å²) in [5, 5.41) is 11.9. The summed E-state index contributed by atoms with van der Waals surface area (Å²) in [5.74, 6) is 0.124. The van der Waals surface area contributed by atoms with Crippen LogP contribution in [0.3, 0.4) is 0 Å². The molecular formula is C13H17N3O2S. The first-order valence-electron chi connectivity index (χ1n) is 6.28. The third-order valence-electron chi connectivity index (χ3n) is 3.23. The van der Waals surface area contributed by atoms with E-state index in [2.05, 4.69) is 10.2 Å². The van der Waals surface area contributed by atoms with Crippen molar-refractivity contribution >= 4 is 9.84 Å². The predicted octanol–water partition coefficient (Wildman–Crippen LogP) is 0.237. The minimum absolute atomic E-state index is 0.124. The smallest absolute Gasteiger partial charge is 0.179 e. The Morgan fingerprint density at radius 3 is 2.42 bits per heavy atom. The van der Waals surface area contributed by atoms with Gasteiger partial charge in [0.25, 0.3) is 0 Å². The molecule has 0 amide bonds. The number of hydrogen-bond donors (Lipinski definition) is 1. The molecule has 1 aromatic rings. The van der Waals surface area contributed by atoms with Gasteiger partial charge in [0, 0.05) is 32.7 Å². The average Bonchev–Trinajstić information content (AvgIpc) is 2.46. The molecule has 1 saturated heterocycles. The molecule has 1 fully saturated rings. The lowest BCUT2D eigenvalue weighted by Crippen LogP contribution is -2.45. The second kappa shape index (κ2) is 6.15. The molecule has 1 aromatic carbocycles. The quantitative estimate of drug-likeness (QED) is 0.854. The zero-order valence-electron chi connectivity index (χ0n) is 10.7. The highest BCUT2D eigenvalue weighted by Crippen LogP contribution is 2.12. The zero-order chi connectivity index (χ0) is 13.7. The highest BCUT2D eigenvalue weighted by Gasteiger charge is 2.17. The summed E-state index contributed by atoms with van der Waals surface area (Å²) in [5.41, 5.74) is 0.473. The highest BCUT2D eigenvalue weighted by atomic mass is 32.2. The van der Waals surface area contributed by atoms with Crippen LogP contribution in [0.5, 0.6) is 0 Å². The Morgan fingerprint density at radius 2 is 1.84 bits per heavy atom. The van der Waals surface area contributed by atoms with Gasteiger partial charge in [0.1, 0.15) is 0 Å². The Labute approximate surface area is 113 Å². The van der Waals surface area contributed by atoms with E-state index in [1.54, 1.807) is 0 Å². The molecule has 1 heterocycles. The Balaban J connectivity index is 1.99. The fraction of sp³-hybridized carbons (Fsp3) is 0.462. The normalized spacial score (nSPS) is 17.0. The Kier molecular flexibility index (Phi) is 4.53. The third-order valence-corrected chi connectivity index (χ3v) is 4.94. The van der Waals surface area contributed by atoms with Crippen LogP contribution in [-0.2, 0) is 9.84 Å². The van der Waals surface area contributed by atoms with Crippen LogP contribution < -0.4 is 5.32 Å². The van der Waals surface area contributed by atoms with E-state index < -0.39 is 9.84 Å². The maximum atomic E-state index is 12.1. The number of hydrogen-bond acceptors (Lipinski definition) is 5. The van der Waals surface area contributed by atoms with Gasteiger partial charge in [-0.2, -0.15) is 5.26 Å². The first kappa shape index (κ1) is 14.0. The fourth-order valence-electron chi connectivity index (χ4n) is 2.04. The number of benzene rings is 1. The van der Waals surface area contributed by atoms with Crippen molar-refractivity contribution in [3.63, 3.8) is 0 Å². The summed E-state index contributed by atoms with van der Waals surface area (Å²) in [6.07, 6.45) is 0. The molecule has 0 aliphatic carbocycles. The molecule has 19 heavy (non-hydrogen) atoms. The molecule has 0 saturated carbocycles. The monoisotopic (exact) mass is 279 g/mol. The fourth-order valence-corrected chi connectivity index (χ4v) is 3.32. The number of rotatable bonds is 4. The van der Waals surface area contributed by atoms with Crippen LogP contribution in [0.1, 0.15) is 5.56 Å².